The largest absolute Gasteiger partial charge is 0.497 e. The summed E-state index contributed by atoms with van der Waals surface area (Å²) in [5, 5.41) is 0. The maximum atomic E-state index is 5.62. The minimum Gasteiger partial charge on any atom is -0.497 e. The minimum atomic E-state index is 0.146. The van der Waals surface area contributed by atoms with Crippen molar-refractivity contribution >= 4 is 11.9 Å². The highest BCUT2D eigenvalue weighted by atomic mass is 16.5. The molecule has 3 rings (SSSR count). The van der Waals surface area contributed by atoms with Gasteiger partial charge in [0, 0.05) is 32.1 Å². The molecule has 7 nitrogen and oxygen atoms in total. The highest BCUT2D eigenvalue weighted by molar-refractivity contribution is 5.49. The van der Waals surface area contributed by atoms with E-state index in [2.05, 4.69) is 29.8 Å². The number of ether oxygens (including phenoxy) is 2. The highest BCUT2D eigenvalue weighted by Gasteiger charge is 2.31. The number of hydrogen-bond donors (Lipinski definition) is 0. The molecule has 1 aliphatic heterocycles. The summed E-state index contributed by atoms with van der Waals surface area (Å²) in [5.41, 5.74) is 1.10. The average molecular weight is 371 g/mol. The van der Waals surface area contributed by atoms with Crippen molar-refractivity contribution in [1.29, 1.82) is 0 Å². The minimum absolute atomic E-state index is 0.146. The highest BCUT2D eigenvalue weighted by Crippen LogP contribution is 2.40. The number of hydrogen-bond acceptors (Lipinski definition) is 7. The maximum Gasteiger partial charge on any atom is 0.230 e. The molecule has 0 spiro atoms. The van der Waals surface area contributed by atoms with E-state index in [9.17, 15) is 0 Å². The molecule has 1 fully saturated rings. The fraction of sp³-hybridized carbons (Fsp3) is 0.550. The molecule has 1 aromatic carbocycles. The lowest BCUT2D eigenvalue weighted by molar-refractivity contribution is 0.395. The third-order valence-corrected chi connectivity index (χ3v) is 4.85. The van der Waals surface area contributed by atoms with Gasteiger partial charge in [0.1, 0.15) is 17.3 Å². The number of rotatable bonds is 6. The van der Waals surface area contributed by atoms with Crippen LogP contribution >= 0.6 is 0 Å². The molecule has 0 aliphatic carbocycles. The van der Waals surface area contributed by atoms with E-state index in [1.165, 1.54) is 0 Å². The molecule has 1 unspecified atom stereocenters. The summed E-state index contributed by atoms with van der Waals surface area (Å²) < 4.78 is 11.1. The van der Waals surface area contributed by atoms with Crippen LogP contribution in [0.15, 0.2) is 18.2 Å². The van der Waals surface area contributed by atoms with E-state index in [0.717, 1.165) is 48.2 Å². The summed E-state index contributed by atoms with van der Waals surface area (Å²) in [5.74, 6) is 4.14. The standard InChI is InChI=1S/C20H29N5O2/c1-13(2)18-21-19(24(3)4)23-20(22-18)25-11-7-8-16(25)15-12-14(26-5)9-10-17(15)27-6/h9-10,12-13,16H,7-8,11H2,1-6H3. The molecule has 0 bridgehead atoms. The molecule has 146 valence electrons. The Labute approximate surface area is 161 Å². The first-order chi connectivity index (χ1) is 12.9. The summed E-state index contributed by atoms with van der Waals surface area (Å²) >= 11 is 0. The second kappa shape index (κ2) is 7.98. The summed E-state index contributed by atoms with van der Waals surface area (Å²) in [4.78, 5) is 18.3. The molecule has 2 heterocycles. The lowest BCUT2D eigenvalue weighted by atomic mass is 10.0. The van der Waals surface area contributed by atoms with Crippen molar-refractivity contribution < 1.29 is 9.47 Å². The fourth-order valence-electron chi connectivity index (χ4n) is 3.39. The van der Waals surface area contributed by atoms with Gasteiger partial charge in [-0.3, -0.25) is 0 Å². The van der Waals surface area contributed by atoms with E-state index >= 15 is 0 Å². The van der Waals surface area contributed by atoms with Gasteiger partial charge in [0.2, 0.25) is 11.9 Å². The summed E-state index contributed by atoms with van der Waals surface area (Å²) in [6.45, 7) is 5.11. The lowest BCUT2D eigenvalue weighted by Crippen LogP contribution is -2.27. The fourth-order valence-corrected chi connectivity index (χ4v) is 3.39. The van der Waals surface area contributed by atoms with E-state index in [1.54, 1.807) is 14.2 Å². The number of benzene rings is 1. The third-order valence-electron chi connectivity index (χ3n) is 4.85. The predicted octanol–water partition coefficient (Wildman–Crippen LogP) is 3.42. The van der Waals surface area contributed by atoms with Gasteiger partial charge >= 0.3 is 0 Å². The van der Waals surface area contributed by atoms with Crippen LogP contribution < -0.4 is 19.3 Å². The Balaban J connectivity index is 2.05. The molecular weight excluding hydrogens is 342 g/mol. The van der Waals surface area contributed by atoms with Gasteiger partial charge in [-0.25, -0.2) is 0 Å². The van der Waals surface area contributed by atoms with Gasteiger partial charge in [-0.05, 0) is 31.0 Å². The molecule has 1 aromatic heterocycles. The van der Waals surface area contributed by atoms with Crippen molar-refractivity contribution in [2.45, 2.75) is 38.6 Å². The molecule has 0 saturated carbocycles. The molecule has 1 saturated heterocycles. The summed E-state index contributed by atoms with van der Waals surface area (Å²) in [7, 11) is 7.29. The van der Waals surface area contributed by atoms with Gasteiger partial charge in [-0.1, -0.05) is 13.8 Å². The van der Waals surface area contributed by atoms with Crippen molar-refractivity contribution in [3.05, 3.63) is 29.6 Å². The second-order valence-electron chi connectivity index (χ2n) is 7.30. The van der Waals surface area contributed by atoms with Crippen molar-refractivity contribution in [3.8, 4) is 11.5 Å². The lowest BCUT2D eigenvalue weighted by Gasteiger charge is -2.27. The molecule has 1 aliphatic rings. The van der Waals surface area contributed by atoms with Crippen molar-refractivity contribution in [2.75, 3.05) is 44.7 Å². The van der Waals surface area contributed by atoms with Crippen LogP contribution in [0.4, 0.5) is 11.9 Å². The van der Waals surface area contributed by atoms with Crippen LogP contribution in [0.2, 0.25) is 0 Å². The Kier molecular flexibility index (Phi) is 5.68. The van der Waals surface area contributed by atoms with E-state index < -0.39 is 0 Å². The Morgan fingerprint density at radius 1 is 1.11 bits per heavy atom. The van der Waals surface area contributed by atoms with Crippen LogP contribution in [0.25, 0.3) is 0 Å². The first-order valence-corrected chi connectivity index (χ1v) is 9.36. The first kappa shape index (κ1) is 19.2. The number of anilines is 2. The van der Waals surface area contributed by atoms with Crippen molar-refractivity contribution in [2.24, 2.45) is 0 Å². The molecule has 0 amide bonds. The van der Waals surface area contributed by atoms with E-state index in [4.69, 9.17) is 19.4 Å². The molecule has 0 N–H and O–H groups in total. The van der Waals surface area contributed by atoms with Crippen LogP contribution in [0.5, 0.6) is 11.5 Å². The Morgan fingerprint density at radius 3 is 2.52 bits per heavy atom. The van der Waals surface area contributed by atoms with Crippen LogP contribution in [0, 0.1) is 0 Å². The van der Waals surface area contributed by atoms with Gasteiger partial charge < -0.3 is 19.3 Å². The predicted molar refractivity (Wildman–Crippen MR) is 107 cm³/mol. The molecule has 7 heteroatoms. The quantitative estimate of drug-likeness (QED) is 0.771. The van der Waals surface area contributed by atoms with Gasteiger partial charge in [-0.15, -0.1) is 0 Å². The zero-order chi connectivity index (χ0) is 19.6. The number of methoxy groups -OCH3 is 2. The second-order valence-corrected chi connectivity index (χ2v) is 7.30. The summed E-state index contributed by atoms with van der Waals surface area (Å²) in [6, 6.07) is 6.08. The number of nitrogens with zero attached hydrogens (tertiary/aromatic N) is 5. The SMILES string of the molecule is COc1ccc(OC)c(C2CCCN2c2nc(C(C)C)nc(N(C)C)n2)c1. The zero-order valence-electron chi connectivity index (χ0n) is 17.1. The van der Waals surface area contributed by atoms with Crippen LogP contribution in [0.3, 0.4) is 0 Å². The van der Waals surface area contributed by atoms with Gasteiger partial charge in [0.25, 0.3) is 0 Å². The molecule has 0 radical (unpaired) electrons. The van der Waals surface area contributed by atoms with E-state index in [-0.39, 0.29) is 12.0 Å². The maximum absolute atomic E-state index is 5.62. The molecule has 2 aromatic rings. The Morgan fingerprint density at radius 2 is 1.89 bits per heavy atom. The average Bonchev–Trinajstić information content (AvgIpc) is 3.16. The van der Waals surface area contributed by atoms with E-state index in [0.29, 0.717) is 5.95 Å². The third kappa shape index (κ3) is 3.91. The van der Waals surface area contributed by atoms with Gasteiger partial charge in [-0.2, -0.15) is 15.0 Å². The molecule has 1 atom stereocenters. The molecular formula is C20H29N5O2. The summed E-state index contributed by atoms with van der Waals surface area (Å²) in [6.07, 6.45) is 2.09. The van der Waals surface area contributed by atoms with Crippen molar-refractivity contribution in [1.82, 2.24) is 15.0 Å². The van der Waals surface area contributed by atoms with E-state index in [1.807, 2.05) is 31.1 Å². The number of aromatic nitrogens is 3. The van der Waals surface area contributed by atoms with Crippen LogP contribution in [-0.2, 0) is 0 Å². The van der Waals surface area contributed by atoms with Gasteiger partial charge in [0.15, 0.2) is 0 Å². The Hall–Kier alpha value is -2.57. The first-order valence-electron chi connectivity index (χ1n) is 9.36. The van der Waals surface area contributed by atoms with Gasteiger partial charge in [0.05, 0.1) is 20.3 Å². The monoisotopic (exact) mass is 371 g/mol. The Bertz CT molecular complexity index is 768. The zero-order valence-corrected chi connectivity index (χ0v) is 17.1. The molecule has 27 heavy (non-hydrogen) atoms. The van der Waals surface area contributed by atoms with Crippen LogP contribution in [-0.4, -0.2) is 49.8 Å². The smallest absolute Gasteiger partial charge is 0.230 e. The van der Waals surface area contributed by atoms with Crippen LogP contribution in [0.1, 0.15) is 50.0 Å². The topological polar surface area (TPSA) is 63.6 Å². The normalized spacial score (nSPS) is 16.7. The van der Waals surface area contributed by atoms with Crippen molar-refractivity contribution in [3.63, 3.8) is 0 Å².